The number of benzene rings is 1. The third-order valence-electron chi connectivity index (χ3n) is 5.53. The summed E-state index contributed by atoms with van der Waals surface area (Å²) in [5.74, 6) is 1.36. The first-order valence-electron chi connectivity index (χ1n) is 9.76. The van der Waals surface area contributed by atoms with Gasteiger partial charge >= 0.3 is 6.36 Å². The van der Waals surface area contributed by atoms with Crippen molar-refractivity contribution in [2.75, 3.05) is 32.8 Å². The Morgan fingerprint density at radius 2 is 1.97 bits per heavy atom. The molecule has 0 spiro atoms. The topological polar surface area (TPSA) is 73.8 Å². The van der Waals surface area contributed by atoms with Crippen LogP contribution in [0.25, 0.3) is 0 Å². The van der Waals surface area contributed by atoms with Crippen molar-refractivity contribution in [3.63, 3.8) is 0 Å². The number of rotatable bonds is 9. The second-order valence-electron chi connectivity index (χ2n) is 8.60. The normalized spacial score (nSPS) is 24.3. The highest BCUT2D eigenvalue weighted by Gasteiger charge is 2.55. The molecule has 3 N–H and O–H groups in total. The van der Waals surface area contributed by atoms with Gasteiger partial charge in [0, 0.05) is 19.6 Å². The van der Waals surface area contributed by atoms with Gasteiger partial charge in [0.1, 0.15) is 5.75 Å². The number of hydrogen-bond acceptors (Lipinski definition) is 5. The zero-order valence-corrected chi connectivity index (χ0v) is 16.6. The van der Waals surface area contributed by atoms with E-state index in [0.717, 1.165) is 25.2 Å². The number of ether oxygens (including phenoxy) is 1. The van der Waals surface area contributed by atoms with Crippen molar-refractivity contribution >= 4 is 5.91 Å². The van der Waals surface area contributed by atoms with Gasteiger partial charge in [-0.2, -0.15) is 0 Å². The quantitative estimate of drug-likeness (QED) is 0.573. The van der Waals surface area contributed by atoms with Crippen molar-refractivity contribution in [2.24, 2.45) is 17.8 Å². The summed E-state index contributed by atoms with van der Waals surface area (Å²) in [6, 6.07) is 5.99. The van der Waals surface area contributed by atoms with E-state index in [4.69, 9.17) is 0 Å². The zero-order chi connectivity index (χ0) is 21.2. The van der Waals surface area contributed by atoms with Crippen LogP contribution >= 0.6 is 0 Å². The number of carbonyl (C=O) groups excluding carboxylic acids is 1. The number of alkyl halides is 3. The molecule has 0 radical (unpaired) electrons. The summed E-state index contributed by atoms with van der Waals surface area (Å²) in [6.45, 7) is 6.81. The first kappa shape index (κ1) is 21.9. The van der Waals surface area contributed by atoms with Crippen LogP contribution in [0, 0.1) is 17.8 Å². The molecular formula is C20H28F3N3O3. The number of likely N-dealkylation sites (tertiary alicyclic amines) is 1. The second-order valence-corrected chi connectivity index (χ2v) is 8.60. The largest absolute Gasteiger partial charge is 0.573 e. The van der Waals surface area contributed by atoms with Crippen LogP contribution in [0.15, 0.2) is 24.3 Å². The number of nitrogens with zero attached hydrogens (tertiary/aromatic N) is 1. The summed E-state index contributed by atoms with van der Waals surface area (Å²) in [6.07, 6.45) is -4.69. The van der Waals surface area contributed by atoms with Crippen molar-refractivity contribution < 1.29 is 27.8 Å². The van der Waals surface area contributed by atoms with Gasteiger partial charge in [0.25, 0.3) is 0 Å². The maximum absolute atomic E-state index is 12.3. The Kier molecular flexibility index (Phi) is 6.40. The maximum atomic E-state index is 12.3. The monoisotopic (exact) mass is 415 g/mol. The minimum atomic E-state index is -4.69. The number of halogens is 3. The minimum Gasteiger partial charge on any atom is -0.406 e. The van der Waals surface area contributed by atoms with Gasteiger partial charge in [0.05, 0.1) is 18.7 Å². The van der Waals surface area contributed by atoms with Crippen molar-refractivity contribution in [1.82, 2.24) is 15.5 Å². The summed E-state index contributed by atoms with van der Waals surface area (Å²) in [5.41, 5.74) is 0.122. The van der Waals surface area contributed by atoms with Gasteiger partial charge in [-0.25, -0.2) is 0 Å². The van der Waals surface area contributed by atoms with Gasteiger partial charge in [-0.15, -0.1) is 13.2 Å². The number of hydrogen-bond donors (Lipinski definition) is 3. The van der Waals surface area contributed by atoms with Crippen LogP contribution in [-0.4, -0.2) is 60.6 Å². The molecule has 2 atom stereocenters. The number of amides is 1. The van der Waals surface area contributed by atoms with E-state index in [9.17, 15) is 23.1 Å². The highest BCUT2D eigenvalue weighted by atomic mass is 19.4. The molecule has 1 saturated carbocycles. The Morgan fingerprint density at radius 1 is 1.28 bits per heavy atom. The van der Waals surface area contributed by atoms with Crippen molar-refractivity contribution in [2.45, 2.75) is 32.3 Å². The molecule has 1 aromatic carbocycles. The summed E-state index contributed by atoms with van der Waals surface area (Å²) >= 11 is 0. The van der Waals surface area contributed by atoms with Crippen LogP contribution in [-0.2, 0) is 11.3 Å². The molecule has 2 fully saturated rings. The predicted molar refractivity (Wildman–Crippen MR) is 101 cm³/mol. The third kappa shape index (κ3) is 6.32. The van der Waals surface area contributed by atoms with Crippen LogP contribution in [0.2, 0.25) is 0 Å². The fourth-order valence-electron chi connectivity index (χ4n) is 4.06. The molecule has 162 valence electrons. The standard InChI is InChI=1S/C20H28F3N3O3/c1-19(2,12-27)25-18(28)11-26-9-16-15(17(16)10-26)8-24-7-13-4-3-5-14(6-13)29-20(21,22)23/h3-6,15-17,24,27H,7-12H2,1-2H3,(H,25,28). The van der Waals surface area contributed by atoms with Gasteiger partial charge in [-0.05, 0) is 55.8 Å². The summed E-state index contributed by atoms with van der Waals surface area (Å²) < 4.78 is 40.9. The summed E-state index contributed by atoms with van der Waals surface area (Å²) in [4.78, 5) is 14.2. The molecule has 1 aromatic rings. The summed E-state index contributed by atoms with van der Waals surface area (Å²) in [7, 11) is 0. The Balaban J connectivity index is 1.35. The molecule has 0 bridgehead atoms. The lowest BCUT2D eigenvalue weighted by atomic mass is 10.1. The molecular weight excluding hydrogens is 387 g/mol. The van der Waals surface area contributed by atoms with Crippen LogP contribution in [0.1, 0.15) is 19.4 Å². The SMILES string of the molecule is CC(C)(CO)NC(=O)CN1CC2C(CNCc3cccc(OC(F)(F)F)c3)C2C1. The van der Waals surface area contributed by atoms with Crippen molar-refractivity contribution in [1.29, 1.82) is 0 Å². The van der Waals surface area contributed by atoms with Crippen LogP contribution in [0.3, 0.4) is 0 Å². The lowest BCUT2D eigenvalue weighted by Gasteiger charge is -2.26. The molecule has 9 heteroatoms. The van der Waals surface area contributed by atoms with E-state index < -0.39 is 11.9 Å². The van der Waals surface area contributed by atoms with Crippen LogP contribution < -0.4 is 15.4 Å². The smallest absolute Gasteiger partial charge is 0.406 e. The molecule has 1 aliphatic heterocycles. The molecule has 29 heavy (non-hydrogen) atoms. The van der Waals surface area contributed by atoms with E-state index in [1.807, 2.05) is 0 Å². The van der Waals surface area contributed by atoms with Crippen molar-refractivity contribution in [3.8, 4) is 5.75 Å². The third-order valence-corrected chi connectivity index (χ3v) is 5.53. The zero-order valence-electron chi connectivity index (χ0n) is 16.6. The minimum absolute atomic E-state index is 0.0824. The van der Waals surface area contributed by atoms with Gasteiger partial charge < -0.3 is 20.5 Å². The molecule has 1 amide bonds. The van der Waals surface area contributed by atoms with Crippen molar-refractivity contribution in [3.05, 3.63) is 29.8 Å². The molecule has 1 heterocycles. The highest BCUT2D eigenvalue weighted by molar-refractivity contribution is 5.78. The summed E-state index contributed by atoms with van der Waals surface area (Å²) in [5, 5.41) is 15.4. The van der Waals surface area contributed by atoms with Crippen LogP contribution in [0.5, 0.6) is 5.75 Å². The average molecular weight is 415 g/mol. The number of piperidine rings is 1. The Labute approximate surface area is 168 Å². The lowest BCUT2D eigenvalue weighted by molar-refractivity contribution is -0.274. The number of aliphatic hydroxyl groups excluding tert-OH is 1. The number of fused-ring (bicyclic) bond motifs is 1. The second kappa shape index (κ2) is 8.49. The molecule has 2 aliphatic rings. The Morgan fingerprint density at radius 3 is 2.59 bits per heavy atom. The maximum Gasteiger partial charge on any atom is 0.573 e. The van der Waals surface area contributed by atoms with Gasteiger partial charge in [-0.3, -0.25) is 9.69 Å². The number of aliphatic hydroxyl groups is 1. The number of nitrogens with one attached hydrogen (secondary N) is 2. The van der Waals surface area contributed by atoms with E-state index in [1.54, 1.807) is 26.0 Å². The first-order valence-corrected chi connectivity index (χ1v) is 9.76. The molecule has 6 nitrogen and oxygen atoms in total. The highest BCUT2D eigenvalue weighted by Crippen LogP contribution is 2.51. The fourth-order valence-corrected chi connectivity index (χ4v) is 4.06. The van der Waals surface area contributed by atoms with Gasteiger partial charge in [0.15, 0.2) is 0 Å². The fraction of sp³-hybridized carbons (Fsp3) is 0.650. The average Bonchev–Trinajstić information content (AvgIpc) is 3.05. The molecule has 3 rings (SSSR count). The molecule has 2 unspecified atom stereocenters. The van der Waals surface area contributed by atoms with Gasteiger partial charge in [-0.1, -0.05) is 12.1 Å². The predicted octanol–water partition coefficient (Wildman–Crippen LogP) is 1.74. The molecule has 0 aromatic heterocycles. The van der Waals surface area contributed by atoms with E-state index in [0.29, 0.717) is 30.8 Å². The molecule has 1 aliphatic carbocycles. The van der Waals surface area contributed by atoms with E-state index >= 15 is 0 Å². The molecule has 1 saturated heterocycles. The van der Waals surface area contributed by atoms with E-state index in [-0.39, 0.29) is 18.3 Å². The first-order chi connectivity index (χ1) is 13.6. The lowest BCUT2D eigenvalue weighted by Crippen LogP contribution is -2.49. The Bertz CT molecular complexity index is 714. The van der Waals surface area contributed by atoms with Crippen LogP contribution in [0.4, 0.5) is 13.2 Å². The van der Waals surface area contributed by atoms with E-state index in [1.165, 1.54) is 12.1 Å². The van der Waals surface area contributed by atoms with Gasteiger partial charge in [0.2, 0.25) is 5.91 Å². The number of carbonyl (C=O) groups is 1. The van der Waals surface area contributed by atoms with E-state index in [2.05, 4.69) is 20.3 Å². The Hall–Kier alpha value is -1.84.